The summed E-state index contributed by atoms with van der Waals surface area (Å²) in [5, 5.41) is 4.62. The van der Waals surface area contributed by atoms with E-state index in [2.05, 4.69) is 24.2 Å². The van der Waals surface area contributed by atoms with E-state index in [-0.39, 0.29) is 5.91 Å². The van der Waals surface area contributed by atoms with Crippen molar-refractivity contribution in [3.63, 3.8) is 0 Å². The number of carbonyl (C=O) groups excluding carboxylic acids is 1. The maximum atomic E-state index is 11.9. The molecule has 0 spiro atoms. The van der Waals surface area contributed by atoms with E-state index in [1.807, 2.05) is 11.4 Å². The molecular formula is C13H18N2O2S. The maximum Gasteiger partial charge on any atom is 0.292 e. The van der Waals surface area contributed by atoms with Crippen LogP contribution in [0.4, 0.5) is 0 Å². The molecule has 2 rings (SSSR count). The third-order valence-corrected chi connectivity index (χ3v) is 3.23. The van der Waals surface area contributed by atoms with Crippen LogP contribution in [0.1, 0.15) is 36.4 Å². The monoisotopic (exact) mass is 266 g/mol. The molecule has 0 bridgehead atoms. The molecule has 1 amide bonds. The van der Waals surface area contributed by atoms with Crippen molar-refractivity contribution in [2.75, 3.05) is 6.61 Å². The molecule has 0 atom stereocenters. The molecule has 1 aromatic heterocycles. The quantitative estimate of drug-likeness (QED) is 0.673. The molecule has 0 aromatic carbocycles. The first-order valence-electron chi connectivity index (χ1n) is 6.20. The van der Waals surface area contributed by atoms with Crippen LogP contribution in [-0.4, -0.2) is 24.6 Å². The van der Waals surface area contributed by atoms with Crippen LogP contribution in [0.2, 0.25) is 0 Å². The zero-order chi connectivity index (χ0) is 13.0. The Bertz CT molecular complexity index is 422. The summed E-state index contributed by atoms with van der Waals surface area (Å²) in [5.41, 5.74) is 0. The van der Waals surface area contributed by atoms with Crippen molar-refractivity contribution in [1.82, 2.24) is 5.32 Å². The summed E-state index contributed by atoms with van der Waals surface area (Å²) in [6.07, 6.45) is 2.17. The molecule has 5 heteroatoms. The van der Waals surface area contributed by atoms with E-state index in [4.69, 9.17) is 4.74 Å². The van der Waals surface area contributed by atoms with E-state index in [1.54, 1.807) is 6.07 Å². The van der Waals surface area contributed by atoms with Crippen molar-refractivity contribution in [1.29, 1.82) is 0 Å². The van der Waals surface area contributed by atoms with Gasteiger partial charge in [-0.3, -0.25) is 10.1 Å². The first-order valence-corrected chi connectivity index (χ1v) is 7.08. The van der Waals surface area contributed by atoms with Crippen molar-refractivity contribution in [3.8, 4) is 0 Å². The second kappa shape index (κ2) is 6.00. The first-order chi connectivity index (χ1) is 8.65. The van der Waals surface area contributed by atoms with Gasteiger partial charge in [-0.15, -0.1) is 11.3 Å². The van der Waals surface area contributed by atoms with Crippen LogP contribution < -0.4 is 5.32 Å². The van der Waals surface area contributed by atoms with Crippen LogP contribution in [0.3, 0.4) is 0 Å². The van der Waals surface area contributed by atoms with Gasteiger partial charge in [0.1, 0.15) is 0 Å². The molecule has 1 heterocycles. The average molecular weight is 266 g/mol. The van der Waals surface area contributed by atoms with Gasteiger partial charge in [0.2, 0.25) is 0 Å². The first kappa shape index (κ1) is 13.1. The lowest BCUT2D eigenvalue weighted by atomic mass is 10.2. The largest absolute Gasteiger partial charge is 0.465 e. The molecule has 1 fully saturated rings. The zero-order valence-corrected chi connectivity index (χ0v) is 11.5. The highest BCUT2D eigenvalue weighted by Crippen LogP contribution is 2.23. The lowest BCUT2D eigenvalue weighted by molar-refractivity contribution is 0.0967. The molecule has 4 nitrogen and oxygen atoms in total. The van der Waals surface area contributed by atoms with Gasteiger partial charge >= 0.3 is 0 Å². The number of amidine groups is 1. The van der Waals surface area contributed by atoms with Crippen molar-refractivity contribution in [2.45, 2.75) is 32.7 Å². The van der Waals surface area contributed by atoms with Crippen LogP contribution in [-0.2, 0) is 4.74 Å². The van der Waals surface area contributed by atoms with Gasteiger partial charge in [-0.2, -0.15) is 0 Å². The molecule has 1 N–H and O–H groups in total. The molecule has 0 radical (unpaired) electrons. The Balaban J connectivity index is 1.94. The maximum absolute atomic E-state index is 11.9. The number of thiophene rings is 1. The molecule has 1 aliphatic rings. The minimum atomic E-state index is -0.145. The molecule has 1 saturated carbocycles. The normalized spacial score (nSPS) is 15.8. The molecule has 18 heavy (non-hydrogen) atoms. The van der Waals surface area contributed by atoms with Gasteiger partial charge in [-0.05, 0) is 30.2 Å². The summed E-state index contributed by atoms with van der Waals surface area (Å²) < 4.78 is 5.55. The molecule has 1 aromatic rings. The van der Waals surface area contributed by atoms with E-state index in [0.717, 1.165) is 12.8 Å². The number of amides is 1. The minimum absolute atomic E-state index is 0.145. The van der Waals surface area contributed by atoms with Crippen LogP contribution in [0.5, 0.6) is 0 Å². The smallest absolute Gasteiger partial charge is 0.292 e. The number of hydrogen-bond donors (Lipinski definition) is 1. The summed E-state index contributed by atoms with van der Waals surface area (Å²) in [6, 6.07) is 4.34. The van der Waals surface area contributed by atoms with E-state index in [0.29, 0.717) is 29.5 Å². The predicted octanol–water partition coefficient (Wildman–Crippen LogP) is 2.67. The molecule has 0 saturated heterocycles. The predicted molar refractivity (Wildman–Crippen MR) is 73.0 cm³/mol. The number of aliphatic imine (C=N–C) groups is 1. The van der Waals surface area contributed by atoms with E-state index in [9.17, 15) is 4.79 Å². The molecule has 0 aliphatic heterocycles. The van der Waals surface area contributed by atoms with Gasteiger partial charge in [-0.1, -0.05) is 19.9 Å². The third-order valence-electron chi connectivity index (χ3n) is 2.37. The average Bonchev–Trinajstić information content (AvgIpc) is 2.96. The number of hydrogen-bond acceptors (Lipinski definition) is 4. The minimum Gasteiger partial charge on any atom is -0.465 e. The van der Waals surface area contributed by atoms with Crippen LogP contribution >= 0.6 is 11.3 Å². The van der Waals surface area contributed by atoms with E-state index < -0.39 is 0 Å². The summed E-state index contributed by atoms with van der Waals surface area (Å²) in [6.45, 7) is 4.70. The third kappa shape index (κ3) is 4.14. The Labute approximate surface area is 111 Å². The number of rotatable bonds is 4. The van der Waals surface area contributed by atoms with Gasteiger partial charge in [0.25, 0.3) is 11.9 Å². The fraction of sp³-hybridized carbons (Fsp3) is 0.538. The summed E-state index contributed by atoms with van der Waals surface area (Å²) >= 11 is 1.41. The summed E-state index contributed by atoms with van der Waals surface area (Å²) in [7, 11) is 0. The SMILES string of the molecule is CC(C)COC(=NC1CC1)NC(=O)c1cccs1. The van der Waals surface area contributed by atoms with Crippen molar-refractivity contribution >= 4 is 23.3 Å². The number of ether oxygens (including phenoxy) is 1. The number of carbonyl (C=O) groups is 1. The molecule has 0 unspecified atom stereocenters. The Morgan fingerprint density at radius 1 is 1.61 bits per heavy atom. The highest BCUT2D eigenvalue weighted by molar-refractivity contribution is 7.12. The van der Waals surface area contributed by atoms with Gasteiger partial charge < -0.3 is 4.74 Å². The van der Waals surface area contributed by atoms with Crippen molar-refractivity contribution in [3.05, 3.63) is 22.4 Å². The second-order valence-electron chi connectivity index (χ2n) is 4.80. The zero-order valence-electron chi connectivity index (χ0n) is 10.7. The fourth-order valence-corrected chi connectivity index (χ4v) is 1.91. The van der Waals surface area contributed by atoms with Crippen molar-refractivity contribution in [2.24, 2.45) is 10.9 Å². The summed E-state index contributed by atoms with van der Waals surface area (Å²) in [4.78, 5) is 17.0. The number of nitrogens with zero attached hydrogens (tertiary/aromatic N) is 1. The van der Waals surface area contributed by atoms with Crippen LogP contribution in [0, 0.1) is 5.92 Å². The van der Waals surface area contributed by atoms with Crippen LogP contribution in [0.15, 0.2) is 22.5 Å². The van der Waals surface area contributed by atoms with Gasteiger partial charge in [0.15, 0.2) is 0 Å². The topological polar surface area (TPSA) is 50.7 Å². The van der Waals surface area contributed by atoms with Gasteiger partial charge in [-0.25, -0.2) is 4.99 Å². The Hall–Kier alpha value is -1.36. The lowest BCUT2D eigenvalue weighted by Crippen LogP contribution is -2.33. The molecule has 98 valence electrons. The van der Waals surface area contributed by atoms with Crippen LogP contribution in [0.25, 0.3) is 0 Å². The van der Waals surface area contributed by atoms with E-state index >= 15 is 0 Å². The summed E-state index contributed by atoms with van der Waals surface area (Å²) in [5.74, 6) is 0.265. The molecule has 1 aliphatic carbocycles. The van der Waals surface area contributed by atoms with Crippen molar-refractivity contribution < 1.29 is 9.53 Å². The van der Waals surface area contributed by atoms with Gasteiger partial charge in [0.05, 0.1) is 17.5 Å². The second-order valence-corrected chi connectivity index (χ2v) is 5.75. The Morgan fingerprint density at radius 2 is 2.39 bits per heavy atom. The highest BCUT2D eigenvalue weighted by Gasteiger charge is 2.22. The molecular weight excluding hydrogens is 248 g/mol. The fourth-order valence-electron chi connectivity index (χ4n) is 1.29. The standard InChI is InChI=1S/C13H18N2O2S/c1-9(2)8-17-13(14-10-5-6-10)15-12(16)11-4-3-7-18-11/h3-4,7,9-10H,5-6,8H2,1-2H3,(H,14,15,16). The highest BCUT2D eigenvalue weighted by atomic mass is 32.1. The van der Waals surface area contributed by atoms with Gasteiger partial charge in [0, 0.05) is 0 Å². The van der Waals surface area contributed by atoms with E-state index in [1.165, 1.54) is 11.3 Å². The lowest BCUT2D eigenvalue weighted by Gasteiger charge is -2.11. The number of nitrogens with one attached hydrogen (secondary N) is 1. The Morgan fingerprint density at radius 3 is 2.94 bits per heavy atom. The Kier molecular flexibility index (Phi) is 4.36.